The number of hydrogen-bond acceptors (Lipinski definition) is 5. The highest BCUT2D eigenvalue weighted by molar-refractivity contribution is 5.99. The molecule has 9 nitrogen and oxygen atoms in total. The summed E-state index contributed by atoms with van der Waals surface area (Å²) in [6, 6.07) is 6.66. The van der Waals surface area contributed by atoms with Crippen molar-refractivity contribution in [1.82, 2.24) is 25.0 Å². The molecule has 1 aromatic heterocycles. The van der Waals surface area contributed by atoms with Crippen molar-refractivity contribution in [2.45, 2.75) is 64.1 Å². The fourth-order valence-electron chi connectivity index (χ4n) is 5.70. The number of amides is 3. The number of benzene rings is 1. The monoisotopic (exact) mass is 511 g/mol. The first-order valence-corrected chi connectivity index (χ1v) is 13.5. The van der Waals surface area contributed by atoms with Gasteiger partial charge in [-0.1, -0.05) is 19.3 Å². The number of rotatable bonds is 7. The van der Waals surface area contributed by atoms with Gasteiger partial charge in [-0.2, -0.15) is 0 Å². The van der Waals surface area contributed by atoms with Crippen LogP contribution in [0.4, 0.5) is 0 Å². The zero-order chi connectivity index (χ0) is 26.7. The van der Waals surface area contributed by atoms with Crippen molar-refractivity contribution >= 4 is 28.6 Å². The first-order chi connectivity index (χ1) is 17.7. The van der Waals surface area contributed by atoms with E-state index >= 15 is 0 Å². The van der Waals surface area contributed by atoms with Gasteiger partial charge in [0.25, 0.3) is 5.91 Å². The average Bonchev–Trinajstić information content (AvgIpc) is 3.26. The summed E-state index contributed by atoms with van der Waals surface area (Å²) < 4.78 is 7.25. The highest BCUT2D eigenvalue weighted by Gasteiger charge is 2.38. The van der Waals surface area contributed by atoms with E-state index in [1.165, 1.54) is 6.42 Å². The molecule has 1 aliphatic heterocycles. The third-order valence-corrected chi connectivity index (χ3v) is 8.18. The number of fused-ring (bicyclic) bond motifs is 1. The summed E-state index contributed by atoms with van der Waals surface area (Å²) in [5, 5.41) is 7.00. The lowest BCUT2D eigenvalue weighted by atomic mass is 9.83. The number of carbonyl (C=O) groups excluding carboxylic acids is 3. The number of piperazine rings is 1. The minimum Gasteiger partial charge on any atom is -0.497 e. The Morgan fingerprint density at radius 2 is 1.81 bits per heavy atom. The van der Waals surface area contributed by atoms with E-state index in [2.05, 4.69) is 10.6 Å². The van der Waals surface area contributed by atoms with Gasteiger partial charge in [0.1, 0.15) is 17.5 Å². The molecule has 4 rings (SSSR count). The molecule has 202 valence electrons. The number of carbonyl (C=O) groups is 3. The van der Waals surface area contributed by atoms with E-state index in [-0.39, 0.29) is 35.7 Å². The molecular weight excluding hydrogens is 470 g/mol. The van der Waals surface area contributed by atoms with Crippen LogP contribution in [0, 0.1) is 5.92 Å². The molecule has 0 radical (unpaired) electrons. The zero-order valence-electron chi connectivity index (χ0n) is 22.8. The van der Waals surface area contributed by atoms with Crippen LogP contribution in [0.25, 0.3) is 10.9 Å². The van der Waals surface area contributed by atoms with Crippen molar-refractivity contribution < 1.29 is 19.1 Å². The molecule has 2 aromatic rings. The van der Waals surface area contributed by atoms with Crippen LogP contribution in [0.1, 0.15) is 56.4 Å². The van der Waals surface area contributed by atoms with Gasteiger partial charge in [0.2, 0.25) is 11.8 Å². The Hall–Kier alpha value is -3.07. The molecule has 0 unspecified atom stereocenters. The second kappa shape index (κ2) is 11.5. The highest BCUT2D eigenvalue weighted by Crippen LogP contribution is 2.29. The van der Waals surface area contributed by atoms with Crippen LogP contribution >= 0.6 is 0 Å². The molecular formula is C28H41N5O4. The zero-order valence-corrected chi connectivity index (χ0v) is 22.8. The number of nitrogens with zero attached hydrogens (tertiary/aromatic N) is 3. The largest absolute Gasteiger partial charge is 0.497 e. The lowest BCUT2D eigenvalue weighted by Crippen LogP contribution is -2.61. The molecule has 2 heterocycles. The van der Waals surface area contributed by atoms with E-state index in [4.69, 9.17) is 4.74 Å². The highest BCUT2D eigenvalue weighted by atomic mass is 16.5. The second-order valence-electron chi connectivity index (χ2n) is 10.5. The van der Waals surface area contributed by atoms with Gasteiger partial charge in [0.05, 0.1) is 18.7 Å². The first kappa shape index (κ1) is 27.0. The van der Waals surface area contributed by atoms with E-state index in [9.17, 15) is 14.4 Å². The summed E-state index contributed by atoms with van der Waals surface area (Å²) >= 11 is 0. The van der Waals surface area contributed by atoms with Crippen molar-refractivity contribution in [1.29, 1.82) is 0 Å². The van der Waals surface area contributed by atoms with Crippen LogP contribution in [0.5, 0.6) is 5.75 Å². The standard InChI is InChI=1S/C28H41N5O4/c1-18-17-32(28(36)25(20-9-7-6-8-10-20)30-26(34)19(2)29-3)13-14-33(18)27(35)24-15-21-11-12-22(37-5)16-23(21)31(24)4/h11-12,15-16,18-20,25,29H,6-10,13-14,17H2,1-5H3,(H,30,34)/t18-,19+,25+/m1/s1. The molecule has 2 fully saturated rings. The van der Waals surface area contributed by atoms with Crippen LogP contribution in [-0.4, -0.2) is 84.0 Å². The van der Waals surface area contributed by atoms with E-state index < -0.39 is 6.04 Å². The summed E-state index contributed by atoms with van der Waals surface area (Å²) in [7, 11) is 5.26. The van der Waals surface area contributed by atoms with Gasteiger partial charge in [0.15, 0.2) is 0 Å². The minimum absolute atomic E-state index is 0.0285. The molecule has 2 aliphatic rings. The van der Waals surface area contributed by atoms with Crippen LogP contribution in [0.15, 0.2) is 24.3 Å². The Kier molecular flexibility index (Phi) is 8.42. The maximum atomic E-state index is 13.7. The topological polar surface area (TPSA) is 95.9 Å². The van der Waals surface area contributed by atoms with Crippen molar-refractivity contribution in [3.05, 3.63) is 30.0 Å². The van der Waals surface area contributed by atoms with Gasteiger partial charge in [-0.3, -0.25) is 14.4 Å². The van der Waals surface area contributed by atoms with Crippen LogP contribution in [-0.2, 0) is 16.6 Å². The minimum atomic E-state index is -0.522. The van der Waals surface area contributed by atoms with Crippen molar-refractivity contribution in [3.8, 4) is 5.75 Å². The molecule has 1 saturated heterocycles. The summed E-state index contributed by atoms with van der Waals surface area (Å²) in [6.07, 6.45) is 5.24. The van der Waals surface area contributed by atoms with Gasteiger partial charge in [0, 0.05) is 44.2 Å². The lowest BCUT2D eigenvalue weighted by molar-refractivity contribution is -0.140. The number of aromatic nitrogens is 1. The van der Waals surface area contributed by atoms with Crippen LogP contribution in [0.2, 0.25) is 0 Å². The predicted molar refractivity (Wildman–Crippen MR) is 144 cm³/mol. The molecule has 1 aromatic carbocycles. The quantitative estimate of drug-likeness (QED) is 0.596. The van der Waals surface area contributed by atoms with Crippen LogP contribution in [0.3, 0.4) is 0 Å². The lowest BCUT2D eigenvalue weighted by Gasteiger charge is -2.42. The molecule has 2 N–H and O–H groups in total. The molecule has 0 bridgehead atoms. The SMILES string of the molecule is CN[C@@H](C)C(=O)N[C@H](C(=O)N1CCN(C(=O)c2cc3ccc(OC)cc3n2C)[C@H](C)C1)C1CCCCC1. The number of hydrogen-bond donors (Lipinski definition) is 2. The maximum Gasteiger partial charge on any atom is 0.270 e. The fraction of sp³-hybridized carbons (Fsp3) is 0.607. The molecule has 3 amide bonds. The number of methoxy groups -OCH3 is 1. The van der Waals surface area contributed by atoms with Gasteiger partial charge >= 0.3 is 0 Å². The molecule has 0 spiro atoms. The Bertz CT molecular complexity index is 1140. The van der Waals surface area contributed by atoms with Gasteiger partial charge in [-0.15, -0.1) is 0 Å². The van der Waals surface area contributed by atoms with Crippen molar-refractivity contribution in [3.63, 3.8) is 0 Å². The Morgan fingerprint density at radius 1 is 1.08 bits per heavy atom. The van der Waals surface area contributed by atoms with E-state index in [1.54, 1.807) is 21.1 Å². The van der Waals surface area contributed by atoms with Crippen molar-refractivity contribution in [2.75, 3.05) is 33.8 Å². The summed E-state index contributed by atoms with van der Waals surface area (Å²) in [5.41, 5.74) is 1.55. The predicted octanol–water partition coefficient (Wildman–Crippen LogP) is 2.53. The third-order valence-electron chi connectivity index (χ3n) is 8.18. The smallest absolute Gasteiger partial charge is 0.270 e. The molecule has 37 heavy (non-hydrogen) atoms. The Morgan fingerprint density at radius 3 is 2.46 bits per heavy atom. The van der Waals surface area contributed by atoms with Crippen molar-refractivity contribution in [2.24, 2.45) is 13.0 Å². The Balaban J connectivity index is 1.48. The second-order valence-corrected chi connectivity index (χ2v) is 10.5. The van der Waals surface area contributed by atoms with E-state index in [0.29, 0.717) is 25.3 Å². The number of likely N-dealkylation sites (N-methyl/N-ethyl adjacent to an activating group) is 1. The summed E-state index contributed by atoms with van der Waals surface area (Å²) in [6.45, 7) is 5.14. The normalized spacial score (nSPS) is 20.5. The first-order valence-electron chi connectivity index (χ1n) is 13.5. The summed E-state index contributed by atoms with van der Waals surface area (Å²) in [4.78, 5) is 43.7. The molecule has 1 aliphatic carbocycles. The van der Waals surface area contributed by atoms with Gasteiger partial charge in [-0.25, -0.2) is 0 Å². The molecule has 3 atom stereocenters. The number of ether oxygens (including phenoxy) is 1. The molecule has 1 saturated carbocycles. The van der Waals surface area contributed by atoms with E-state index in [0.717, 1.165) is 42.3 Å². The fourth-order valence-corrected chi connectivity index (χ4v) is 5.70. The summed E-state index contributed by atoms with van der Waals surface area (Å²) in [5.74, 6) is 0.672. The third kappa shape index (κ3) is 5.61. The molecule has 9 heteroatoms. The number of nitrogens with one attached hydrogen (secondary N) is 2. The average molecular weight is 512 g/mol. The van der Waals surface area contributed by atoms with Crippen LogP contribution < -0.4 is 15.4 Å². The Labute approximate surface area is 219 Å². The van der Waals surface area contributed by atoms with Gasteiger partial charge < -0.3 is 29.7 Å². The van der Waals surface area contributed by atoms with Gasteiger partial charge in [-0.05, 0) is 57.9 Å². The number of aryl methyl sites for hydroxylation is 1. The van der Waals surface area contributed by atoms with E-state index in [1.807, 2.05) is 52.6 Å². The maximum absolute atomic E-state index is 13.7.